The van der Waals surface area contributed by atoms with Crippen LogP contribution in [0.2, 0.25) is 0 Å². The monoisotopic (exact) mass is 344 g/mol. The Kier molecular flexibility index (Phi) is 6.40. The maximum absolute atomic E-state index is 12.2. The first-order valence-corrected chi connectivity index (χ1v) is 10.1. The maximum atomic E-state index is 12.2. The number of rotatable bonds is 7. The molecule has 7 heteroatoms. The van der Waals surface area contributed by atoms with Crippen LogP contribution in [0.3, 0.4) is 0 Å². The molecule has 1 amide bonds. The topological polar surface area (TPSA) is 66.5 Å². The summed E-state index contributed by atoms with van der Waals surface area (Å²) < 4.78 is 26.1. The smallest absolute Gasteiger partial charge is 0.252 e. The van der Waals surface area contributed by atoms with Crippen LogP contribution in [0.15, 0.2) is 21.7 Å². The van der Waals surface area contributed by atoms with E-state index in [2.05, 4.69) is 5.32 Å². The van der Waals surface area contributed by atoms with Gasteiger partial charge in [-0.2, -0.15) is 0 Å². The van der Waals surface area contributed by atoms with E-state index in [1.54, 1.807) is 24.6 Å². The Hall–Kier alpha value is -0.920. The van der Waals surface area contributed by atoms with Crippen LogP contribution in [0.4, 0.5) is 0 Å². The normalized spacial score (nSPS) is 16.8. The molecule has 1 fully saturated rings. The minimum absolute atomic E-state index is 0.0359. The van der Waals surface area contributed by atoms with E-state index >= 15 is 0 Å². The SMILES string of the molecule is CN(CCCC(=O)NC1CCCCC1)S(=O)(=O)c1cccs1. The largest absolute Gasteiger partial charge is 0.353 e. The number of hydrogen-bond donors (Lipinski definition) is 1. The van der Waals surface area contributed by atoms with Gasteiger partial charge in [-0.3, -0.25) is 4.79 Å². The molecule has 0 saturated heterocycles. The quantitative estimate of drug-likeness (QED) is 0.827. The fraction of sp³-hybridized carbons (Fsp3) is 0.667. The maximum Gasteiger partial charge on any atom is 0.252 e. The first kappa shape index (κ1) is 17.4. The average molecular weight is 345 g/mol. The Bertz CT molecular complexity index is 564. The van der Waals surface area contributed by atoms with Gasteiger partial charge in [0.2, 0.25) is 5.91 Å². The number of nitrogens with zero attached hydrogens (tertiary/aromatic N) is 1. The molecular formula is C15H24N2O3S2. The summed E-state index contributed by atoms with van der Waals surface area (Å²) in [4.78, 5) is 11.9. The van der Waals surface area contributed by atoms with Crippen molar-refractivity contribution in [2.45, 2.75) is 55.2 Å². The van der Waals surface area contributed by atoms with E-state index in [1.165, 1.54) is 34.9 Å². The van der Waals surface area contributed by atoms with Crippen molar-refractivity contribution in [2.75, 3.05) is 13.6 Å². The van der Waals surface area contributed by atoms with Gasteiger partial charge in [0, 0.05) is 26.1 Å². The number of amides is 1. The van der Waals surface area contributed by atoms with Crippen molar-refractivity contribution in [1.82, 2.24) is 9.62 Å². The van der Waals surface area contributed by atoms with Crippen LogP contribution in [0, 0.1) is 0 Å². The highest BCUT2D eigenvalue weighted by atomic mass is 32.2. The van der Waals surface area contributed by atoms with Crippen molar-refractivity contribution in [1.29, 1.82) is 0 Å². The highest BCUT2D eigenvalue weighted by molar-refractivity contribution is 7.91. The second-order valence-electron chi connectivity index (χ2n) is 5.76. The summed E-state index contributed by atoms with van der Waals surface area (Å²) in [6, 6.07) is 3.64. The molecule has 5 nitrogen and oxygen atoms in total. The first-order chi connectivity index (χ1) is 10.5. The van der Waals surface area contributed by atoms with Gasteiger partial charge in [-0.1, -0.05) is 25.3 Å². The second kappa shape index (κ2) is 8.08. The van der Waals surface area contributed by atoms with Crippen molar-refractivity contribution < 1.29 is 13.2 Å². The second-order valence-corrected chi connectivity index (χ2v) is 8.98. The molecule has 0 bridgehead atoms. The fourth-order valence-electron chi connectivity index (χ4n) is 2.69. The van der Waals surface area contributed by atoms with Crippen LogP contribution in [0.1, 0.15) is 44.9 Å². The summed E-state index contributed by atoms with van der Waals surface area (Å²) >= 11 is 1.21. The minimum Gasteiger partial charge on any atom is -0.353 e. The summed E-state index contributed by atoms with van der Waals surface area (Å²) in [7, 11) is -1.84. The number of sulfonamides is 1. The molecule has 1 aliphatic carbocycles. The molecule has 2 rings (SSSR count). The van der Waals surface area contributed by atoms with Gasteiger partial charge in [0.05, 0.1) is 0 Å². The van der Waals surface area contributed by atoms with Crippen molar-refractivity contribution in [3.63, 3.8) is 0 Å². The molecule has 22 heavy (non-hydrogen) atoms. The van der Waals surface area contributed by atoms with E-state index in [-0.39, 0.29) is 5.91 Å². The van der Waals surface area contributed by atoms with Crippen LogP contribution >= 0.6 is 11.3 Å². The molecule has 0 unspecified atom stereocenters. The zero-order valence-electron chi connectivity index (χ0n) is 13.0. The van der Waals surface area contributed by atoms with Crippen LogP contribution in [0.25, 0.3) is 0 Å². The van der Waals surface area contributed by atoms with Gasteiger partial charge in [0.15, 0.2) is 0 Å². The van der Waals surface area contributed by atoms with Crippen LogP contribution in [-0.4, -0.2) is 38.3 Å². The standard InChI is InChI=1S/C15H24N2O3S2/c1-17(22(19,20)15-10-6-12-21-15)11-5-9-14(18)16-13-7-3-2-4-8-13/h6,10,12-13H,2-5,7-9,11H2,1H3,(H,16,18). The Morgan fingerprint density at radius 2 is 2.09 bits per heavy atom. The molecule has 1 heterocycles. The number of thiophene rings is 1. The molecule has 0 radical (unpaired) electrons. The highest BCUT2D eigenvalue weighted by Crippen LogP contribution is 2.20. The van der Waals surface area contributed by atoms with Crippen molar-refractivity contribution in [2.24, 2.45) is 0 Å². The molecule has 1 aromatic rings. The molecule has 1 N–H and O–H groups in total. The predicted octanol–water partition coefficient (Wildman–Crippen LogP) is 2.60. The lowest BCUT2D eigenvalue weighted by Crippen LogP contribution is -2.36. The molecule has 0 aliphatic heterocycles. The van der Waals surface area contributed by atoms with E-state index < -0.39 is 10.0 Å². The van der Waals surface area contributed by atoms with Crippen molar-refractivity contribution >= 4 is 27.3 Å². The lowest BCUT2D eigenvalue weighted by molar-refractivity contribution is -0.122. The zero-order valence-corrected chi connectivity index (χ0v) is 14.6. The number of carbonyl (C=O) groups is 1. The zero-order chi connectivity index (χ0) is 16.0. The third kappa shape index (κ3) is 4.79. The molecular weight excluding hydrogens is 320 g/mol. The van der Waals surface area contributed by atoms with Crippen LogP contribution in [-0.2, 0) is 14.8 Å². The molecule has 0 atom stereocenters. The summed E-state index contributed by atoms with van der Waals surface area (Å²) in [5, 5.41) is 4.80. The van der Waals surface area contributed by atoms with E-state index in [4.69, 9.17) is 0 Å². The first-order valence-electron chi connectivity index (χ1n) is 7.79. The van der Waals surface area contributed by atoms with Gasteiger partial charge in [0.1, 0.15) is 4.21 Å². The van der Waals surface area contributed by atoms with E-state index in [0.29, 0.717) is 29.6 Å². The average Bonchev–Trinajstić information content (AvgIpc) is 3.03. The summed E-state index contributed by atoms with van der Waals surface area (Å²) in [5.41, 5.74) is 0. The third-order valence-electron chi connectivity index (χ3n) is 4.01. The number of nitrogens with one attached hydrogen (secondary N) is 1. The Morgan fingerprint density at radius 3 is 2.73 bits per heavy atom. The molecule has 0 spiro atoms. The van der Waals surface area contributed by atoms with Gasteiger partial charge in [0.25, 0.3) is 10.0 Å². The fourth-order valence-corrected chi connectivity index (χ4v) is 5.10. The van der Waals surface area contributed by atoms with Gasteiger partial charge in [-0.15, -0.1) is 11.3 Å². The molecule has 124 valence electrons. The van der Waals surface area contributed by atoms with E-state index in [0.717, 1.165) is 12.8 Å². The lowest BCUT2D eigenvalue weighted by Gasteiger charge is -2.23. The van der Waals surface area contributed by atoms with Crippen molar-refractivity contribution in [3.8, 4) is 0 Å². The highest BCUT2D eigenvalue weighted by Gasteiger charge is 2.21. The van der Waals surface area contributed by atoms with E-state index in [9.17, 15) is 13.2 Å². The molecule has 0 aromatic carbocycles. The Balaban J connectivity index is 1.72. The third-order valence-corrected chi connectivity index (χ3v) is 7.24. The van der Waals surface area contributed by atoms with Gasteiger partial charge in [-0.25, -0.2) is 12.7 Å². The van der Waals surface area contributed by atoms with Crippen LogP contribution < -0.4 is 5.32 Å². The number of carbonyl (C=O) groups excluding carboxylic acids is 1. The van der Waals surface area contributed by atoms with Crippen LogP contribution in [0.5, 0.6) is 0 Å². The minimum atomic E-state index is -3.40. The van der Waals surface area contributed by atoms with Gasteiger partial charge < -0.3 is 5.32 Å². The summed E-state index contributed by atoms with van der Waals surface area (Å²) in [5.74, 6) is 0.0359. The van der Waals surface area contributed by atoms with Gasteiger partial charge in [-0.05, 0) is 30.7 Å². The Labute approximate surface area is 136 Å². The van der Waals surface area contributed by atoms with Crippen molar-refractivity contribution in [3.05, 3.63) is 17.5 Å². The predicted molar refractivity (Wildman–Crippen MR) is 88.4 cm³/mol. The lowest BCUT2D eigenvalue weighted by atomic mass is 9.95. The molecule has 1 saturated carbocycles. The Morgan fingerprint density at radius 1 is 1.36 bits per heavy atom. The summed E-state index contributed by atoms with van der Waals surface area (Å²) in [6.07, 6.45) is 6.69. The summed E-state index contributed by atoms with van der Waals surface area (Å²) in [6.45, 7) is 0.359. The van der Waals surface area contributed by atoms with Gasteiger partial charge >= 0.3 is 0 Å². The molecule has 1 aliphatic rings. The molecule has 1 aromatic heterocycles. The van der Waals surface area contributed by atoms with E-state index in [1.807, 2.05) is 0 Å². The number of hydrogen-bond acceptors (Lipinski definition) is 4.